The summed E-state index contributed by atoms with van der Waals surface area (Å²) in [4.78, 5) is 0. The maximum atomic E-state index is 13.4. The van der Waals surface area contributed by atoms with E-state index in [0.717, 1.165) is 6.07 Å². The van der Waals surface area contributed by atoms with Gasteiger partial charge in [-0.3, -0.25) is 0 Å². The first-order valence-corrected chi connectivity index (χ1v) is 5.43. The highest BCUT2D eigenvalue weighted by Crippen LogP contribution is 2.17. The van der Waals surface area contributed by atoms with Crippen molar-refractivity contribution in [1.82, 2.24) is 15.0 Å². The average Bonchev–Trinajstić information content (AvgIpc) is 2.70. The number of benzene rings is 1. The summed E-state index contributed by atoms with van der Waals surface area (Å²) in [5.74, 6) is -1.25. The van der Waals surface area contributed by atoms with Crippen molar-refractivity contribution < 1.29 is 13.9 Å². The topological polar surface area (TPSA) is 50.9 Å². The van der Waals surface area contributed by atoms with Crippen molar-refractivity contribution in [3.8, 4) is 0 Å². The standard InChI is InChI=1S/C12H13F2N3O/c1-12(2,18)11-7-17(16-15-11)6-8-3-4-9(13)5-10(8)14/h3-5,7,18H,6H2,1-2H3. The first-order chi connectivity index (χ1) is 8.36. The Labute approximate surface area is 103 Å². The van der Waals surface area contributed by atoms with E-state index in [1.807, 2.05) is 0 Å². The molecule has 0 amide bonds. The maximum Gasteiger partial charge on any atom is 0.131 e. The van der Waals surface area contributed by atoms with Crippen LogP contribution in [0.5, 0.6) is 0 Å². The van der Waals surface area contributed by atoms with Gasteiger partial charge in [-0.15, -0.1) is 5.10 Å². The predicted octanol–water partition coefficient (Wildman–Crippen LogP) is 1.83. The van der Waals surface area contributed by atoms with Crippen LogP contribution in [0.3, 0.4) is 0 Å². The number of hydrogen-bond acceptors (Lipinski definition) is 3. The van der Waals surface area contributed by atoms with Crippen LogP contribution in [0.1, 0.15) is 25.1 Å². The van der Waals surface area contributed by atoms with E-state index in [2.05, 4.69) is 10.3 Å². The molecule has 0 radical (unpaired) electrons. The van der Waals surface area contributed by atoms with Crippen molar-refractivity contribution in [2.45, 2.75) is 26.0 Å². The zero-order valence-corrected chi connectivity index (χ0v) is 10.1. The molecular formula is C12H13F2N3O. The van der Waals surface area contributed by atoms with Crippen molar-refractivity contribution in [1.29, 1.82) is 0 Å². The molecule has 0 saturated carbocycles. The van der Waals surface area contributed by atoms with Crippen molar-refractivity contribution >= 4 is 0 Å². The fraction of sp³-hybridized carbons (Fsp3) is 0.333. The number of aliphatic hydroxyl groups is 1. The van der Waals surface area contributed by atoms with Gasteiger partial charge in [-0.1, -0.05) is 11.3 Å². The van der Waals surface area contributed by atoms with Gasteiger partial charge in [0.2, 0.25) is 0 Å². The number of halogens is 2. The third-order valence-electron chi connectivity index (χ3n) is 2.51. The molecule has 2 aromatic rings. The molecule has 0 atom stereocenters. The van der Waals surface area contributed by atoms with Crippen LogP contribution in [0.25, 0.3) is 0 Å². The highest BCUT2D eigenvalue weighted by Gasteiger charge is 2.20. The summed E-state index contributed by atoms with van der Waals surface area (Å²) in [7, 11) is 0. The summed E-state index contributed by atoms with van der Waals surface area (Å²) in [5, 5.41) is 17.3. The van der Waals surface area contributed by atoms with Gasteiger partial charge in [-0.2, -0.15) is 0 Å². The Hall–Kier alpha value is -1.82. The van der Waals surface area contributed by atoms with E-state index in [-0.39, 0.29) is 6.54 Å². The Morgan fingerprint density at radius 2 is 2.06 bits per heavy atom. The van der Waals surface area contributed by atoms with Gasteiger partial charge in [0.15, 0.2) is 0 Å². The smallest absolute Gasteiger partial charge is 0.131 e. The Kier molecular flexibility index (Phi) is 3.13. The molecule has 1 heterocycles. The van der Waals surface area contributed by atoms with E-state index >= 15 is 0 Å². The number of aromatic nitrogens is 3. The Balaban J connectivity index is 2.21. The summed E-state index contributed by atoms with van der Waals surface area (Å²) >= 11 is 0. The molecule has 6 heteroatoms. The van der Waals surface area contributed by atoms with Crippen molar-refractivity contribution in [3.63, 3.8) is 0 Å². The SMILES string of the molecule is CC(C)(O)c1cn(Cc2ccc(F)cc2F)nn1. The van der Waals surface area contributed by atoms with Crippen LogP contribution in [0.4, 0.5) is 8.78 Å². The molecule has 2 rings (SSSR count). The quantitative estimate of drug-likeness (QED) is 0.908. The highest BCUT2D eigenvalue weighted by molar-refractivity contribution is 5.19. The molecule has 0 aliphatic rings. The van der Waals surface area contributed by atoms with Crippen molar-refractivity contribution in [3.05, 3.63) is 47.3 Å². The van der Waals surface area contributed by atoms with Gasteiger partial charge in [-0.25, -0.2) is 13.5 Å². The molecule has 1 N–H and O–H groups in total. The lowest BCUT2D eigenvalue weighted by Crippen LogP contribution is -2.15. The second kappa shape index (κ2) is 4.45. The number of hydrogen-bond donors (Lipinski definition) is 1. The summed E-state index contributed by atoms with van der Waals surface area (Å²) in [6.45, 7) is 3.30. The summed E-state index contributed by atoms with van der Waals surface area (Å²) in [5.41, 5.74) is -0.395. The molecule has 0 aliphatic carbocycles. The molecule has 4 nitrogen and oxygen atoms in total. The van der Waals surface area contributed by atoms with Crippen LogP contribution >= 0.6 is 0 Å². The molecule has 1 aromatic carbocycles. The molecule has 1 aromatic heterocycles. The fourth-order valence-corrected chi connectivity index (χ4v) is 1.48. The van der Waals surface area contributed by atoms with Gasteiger partial charge < -0.3 is 5.11 Å². The Bertz CT molecular complexity index is 561. The van der Waals surface area contributed by atoms with E-state index < -0.39 is 17.2 Å². The van der Waals surface area contributed by atoms with Gasteiger partial charge in [-0.05, 0) is 19.9 Å². The summed E-state index contributed by atoms with van der Waals surface area (Å²) in [6.07, 6.45) is 1.53. The van der Waals surface area contributed by atoms with E-state index in [9.17, 15) is 13.9 Å². The van der Waals surface area contributed by atoms with Crippen LogP contribution in [0, 0.1) is 11.6 Å². The fourth-order valence-electron chi connectivity index (χ4n) is 1.48. The summed E-state index contributed by atoms with van der Waals surface area (Å²) < 4.78 is 27.6. The number of rotatable bonds is 3. The summed E-state index contributed by atoms with van der Waals surface area (Å²) in [6, 6.07) is 3.37. The molecule has 0 bridgehead atoms. The minimum Gasteiger partial charge on any atom is -0.384 e. The van der Waals surface area contributed by atoms with Crippen LogP contribution in [0.15, 0.2) is 24.4 Å². The van der Waals surface area contributed by atoms with E-state index in [4.69, 9.17) is 0 Å². The van der Waals surface area contributed by atoms with Gasteiger partial charge in [0.25, 0.3) is 0 Å². The maximum absolute atomic E-state index is 13.4. The predicted molar refractivity (Wildman–Crippen MR) is 60.7 cm³/mol. The second-order valence-electron chi connectivity index (χ2n) is 4.60. The Morgan fingerprint density at radius 3 is 2.61 bits per heavy atom. The van der Waals surface area contributed by atoms with Crippen molar-refractivity contribution in [2.24, 2.45) is 0 Å². The molecule has 0 spiro atoms. The van der Waals surface area contributed by atoms with Crippen LogP contribution in [0.2, 0.25) is 0 Å². The van der Waals surface area contributed by atoms with E-state index in [1.165, 1.54) is 23.0 Å². The zero-order chi connectivity index (χ0) is 13.3. The molecule has 96 valence electrons. The minimum absolute atomic E-state index is 0.134. The van der Waals surface area contributed by atoms with Gasteiger partial charge in [0.1, 0.15) is 22.9 Å². The molecule has 0 fully saturated rings. The van der Waals surface area contributed by atoms with Crippen LogP contribution in [-0.2, 0) is 12.1 Å². The van der Waals surface area contributed by atoms with Crippen molar-refractivity contribution in [2.75, 3.05) is 0 Å². The third kappa shape index (κ3) is 2.70. The molecule has 18 heavy (non-hydrogen) atoms. The van der Waals surface area contributed by atoms with Crippen LogP contribution < -0.4 is 0 Å². The highest BCUT2D eigenvalue weighted by atomic mass is 19.1. The minimum atomic E-state index is -1.10. The zero-order valence-electron chi connectivity index (χ0n) is 10.1. The normalized spacial score (nSPS) is 11.8. The van der Waals surface area contributed by atoms with E-state index in [0.29, 0.717) is 11.3 Å². The largest absolute Gasteiger partial charge is 0.384 e. The lowest BCUT2D eigenvalue weighted by molar-refractivity contribution is 0.0737. The van der Waals surface area contributed by atoms with Crippen LogP contribution in [-0.4, -0.2) is 20.1 Å². The van der Waals surface area contributed by atoms with Gasteiger partial charge in [0.05, 0.1) is 12.7 Å². The van der Waals surface area contributed by atoms with E-state index in [1.54, 1.807) is 13.8 Å². The molecule has 0 unspecified atom stereocenters. The second-order valence-corrected chi connectivity index (χ2v) is 4.60. The third-order valence-corrected chi connectivity index (χ3v) is 2.51. The van der Waals surface area contributed by atoms with Gasteiger partial charge >= 0.3 is 0 Å². The molecule has 0 aliphatic heterocycles. The first kappa shape index (κ1) is 12.6. The Morgan fingerprint density at radius 1 is 1.33 bits per heavy atom. The monoisotopic (exact) mass is 253 g/mol. The lowest BCUT2D eigenvalue weighted by atomic mass is 10.1. The molecular weight excluding hydrogens is 240 g/mol. The first-order valence-electron chi connectivity index (χ1n) is 5.43. The van der Waals surface area contributed by atoms with Gasteiger partial charge in [0, 0.05) is 11.6 Å². The number of nitrogens with zero attached hydrogens (tertiary/aromatic N) is 3. The molecule has 0 saturated heterocycles. The average molecular weight is 253 g/mol. The lowest BCUT2D eigenvalue weighted by Gasteiger charge is -2.11.